The molecule has 22 heavy (non-hydrogen) atoms. The summed E-state index contributed by atoms with van der Waals surface area (Å²) in [6.45, 7) is 2.60. The lowest BCUT2D eigenvalue weighted by Gasteiger charge is -2.07. The van der Waals surface area contributed by atoms with E-state index in [0.29, 0.717) is 24.4 Å². The Morgan fingerprint density at radius 3 is 2.32 bits per heavy atom. The van der Waals surface area contributed by atoms with E-state index in [2.05, 4.69) is 31.2 Å². The first-order valence-electron chi connectivity index (χ1n) is 7.08. The van der Waals surface area contributed by atoms with Crippen molar-refractivity contribution in [2.45, 2.75) is 13.5 Å². The first-order chi connectivity index (χ1) is 10.7. The van der Waals surface area contributed by atoms with Crippen molar-refractivity contribution < 1.29 is 13.9 Å². The number of rotatable bonds is 5. The van der Waals surface area contributed by atoms with Crippen molar-refractivity contribution in [2.75, 3.05) is 0 Å². The summed E-state index contributed by atoms with van der Waals surface area (Å²) in [4.78, 5) is 10.6. The van der Waals surface area contributed by atoms with E-state index < -0.39 is 0 Å². The highest BCUT2D eigenvalue weighted by Crippen LogP contribution is 2.24. The maximum atomic E-state index is 10.6. The van der Waals surface area contributed by atoms with Gasteiger partial charge in [-0.25, -0.2) is 0 Å². The standard InChI is InChI=1S/C19H16O3/c1-14-2-4-15(5-3-14)13-21-17-8-6-16(7-9-17)19-11-10-18(12-20)22-19/h2-12H,13H2,1H3. The summed E-state index contributed by atoms with van der Waals surface area (Å²) in [5.74, 6) is 1.80. The predicted molar refractivity (Wildman–Crippen MR) is 85.0 cm³/mol. The van der Waals surface area contributed by atoms with Crippen molar-refractivity contribution in [1.29, 1.82) is 0 Å². The Balaban J connectivity index is 1.66. The number of carbonyl (C=O) groups is 1. The van der Waals surface area contributed by atoms with Gasteiger partial charge in [-0.2, -0.15) is 0 Å². The molecule has 1 aromatic heterocycles. The third-order valence-corrected chi connectivity index (χ3v) is 3.41. The van der Waals surface area contributed by atoms with Crippen molar-refractivity contribution >= 4 is 6.29 Å². The summed E-state index contributed by atoms with van der Waals surface area (Å²) < 4.78 is 11.2. The summed E-state index contributed by atoms with van der Waals surface area (Å²) in [7, 11) is 0. The smallest absolute Gasteiger partial charge is 0.185 e. The molecule has 0 saturated heterocycles. The Labute approximate surface area is 129 Å². The molecule has 0 radical (unpaired) electrons. The van der Waals surface area contributed by atoms with Gasteiger partial charge in [0.1, 0.15) is 18.1 Å². The van der Waals surface area contributed by atoms with Gasteiger partial charge in [-0.3, -0.25) is 4.79 Å². The van der Waals surface area contributed by atoms with Crippen molar-refractivity contribution in [3.63, 3.8) is 0 Å². The molecule has 0 saturated carbocycles. The topological polar surface area (TPSA) is 39.4 Å². The lowest BCUT2D eigenvalue weighted by Crippen LogP contribution is -1.95. The Bertz CT molecular complexity index is 752. The molecule has 0 amide bonds. The summed E-state index contributed by atoms with van der Waals surface area (Å²) >= 11 is 0. The zero-order valence-electron chi connectivity index (χ0n) is 12.3. The molecule has 3 aromatic rings. The quantitative estimate of drug-likeness (QED) is 0.643. The minimum Gasteiger partial charge on any atom is -0.489 e. The third kappa shape index (κ3) is 3.26. The molecular weight excluding hydrogens is 276 g/mol. The van der Waals surface area contributed by atoms with E-state index in [9.17, 15) is 4.79 Å². The SMILES string of the molecule is Cc1ccc(COc2ccc(-c3ccc(C=O)o3)cc2)cc1. The highest BCUT2D eigenvalue weighted by Gasteiger charge is 2.04. The summed E-state index contributed by atoms with van der Waals surface area (Å²) in [5, 5.41) is 0. The lowest BCUT2D eigenvalue weighted by molar-refractivity contribution is 0.110. The summed E-state index contributed by atoms with van der Waals surface area (Å²) in [6.07, 6.45) is 0.697. The van der Waals surface area contributed by atoms with Gasteiger partial charge in [-0.1, -0.05) is 29.8 Å². The molecule has 0 unspecified atom stereocenters. The second-order valence-electron chi connectivity index (χ2n) is 5.12. The van der Waals surface area contributed by atoms with Crippen LogP contribution in [-0.4, -0.2) is 6.29 Å². The average Bonchev–Trinajstić information content (AvgIpc) is 3.04. The number of aldehydes is 1. The number of aryl methyl sites for hydroxylation is 1. The number of ether oxygens (including phenoxy) is 1. The molecule has 3 rings (SSSR count). The van der Waals surface area contributed by atoms with Crippen molar-refractivity contribution in [2.24, 2.45) is 0 Å². The van der Waals surface area contributed by atoms with Crippen LogP contribution in [0.15, 0.2) is 65.1 Å². The zero-order valence-corrected chi connectivity index (χ0v) is 12.3. The molecular formula is C19H16O3. The summed E-state index contributed by atoms with van der Waals surface area (Å²) in [5.41, 5.74) is 3.29. The largest absolute Gasteiger partial charge is 0.489 e. The second kappa shape index (κ2) is 6.31. The molecule has 1 heterocycles. The molecule has 110 valence electrons. The van der Waals surface area contributed by atoms with Gasteiger partial charge in [-0.15, -0.1) is 0 Å². The van der Waals surface area contributed by atoms with Gasteiger partial charge in [0, 0.05) is 5.56 Å². The minimum absolute atomic E-state index is 0.328. The van der Waals surface area contributed by atoms with Crippen LogP contribution in [0.2, 0.25) is 0 Å². The van der Waals surface area contributed by atoms with Crippen LogP contribution in [0, 0.1) is 6.92 Å². The number of hydrogen-bond donors (Lipinski definition) is 0. The van der Waals surface area contributed by atoms with Crippen LogP contribution in [0.5, 0.6) is 5.75 Å². The maximum Gasteiger partial charge on any atom is 0.185 e. The molecule has 0 bridgehead atoms. The number of carbonyl (C=O) groups excluding carboxylic acids is 1. The Hall–Kier alpha value is -2.81. The van der Waals surface area contributed by atoms with Gasteiger partial charge < -0.3 is 9.15 Å². The van der Waals surface area contributed by atoms with Crippen LogP contribution in [-0.2, 0) is 6.61 Å². The van der Waals surface area contributed by atoms with Gasteiger partial charge in [0.15, 0.2) is 12.0 Å². The van der Waals surface area contributed by atoms with Gasteiger partial charge in [0.25, 0.3) is 0 Å². The lowest BCUT2D eigenvalue weighted by atomic mass is 10.1. The number of benzene rings is 2. The van der Waals surface area contributed by atoms with Crippen LogP contribution in [0.3, 0.4) is 0 Å². The van der Waals surface area contributed by atoms with Crippen LogP contribution < -0.4 is 4.74 Å². The first-order valence-corrected chi connectivity index (χ1v) is 7.08. The fraction of sp³-hybridized carbons (Fsp3) is 0.105. The van der Waals surface area contributed by atoms with Gasteiger partial charge in [-0.05, 0) is 48.9 Å². The predicted octanol–water partition coefficient (Wildman–Crippen LogP) is 4.65. The molecule has 3 heteroatoms. The van der Waals surface area contributed by atoms with E-state index in [1.165, 1.54) is 5.56 Å². The molecule has 2 aromatic carbocycles. The normalized spacial score (nSPS) is 10.4. The highest BCUT2D eigenvalue weighted by atomic mass is 16.5. The maximum absolute atomic E-state index is 10.6. The molecule has 3 nitrogen and oxygen atoms in total. The van der Waals surface area contributed by atoms with Crippen LogP contribution in [0.25, 0.3) is 11.3 Å². The van der Waals surface area contributed by atoms with Gasteiger partial charge in [0.05, 0.1) is 0 Å². The molecule has 0 fully saturated rings. The Kier molecular flexibility index (Phi) is 4.05. The zero-order chi connectivity index (χ0) is 15.4. The first kappa shape index (κ1) is 14.1. The van der Waals surface area contributed by atoms with Crippen molar-refractivity contribution in [3.05, 3.63) is 77.6 Å². The Morgan fingerprint density at radius 1 is 0.955 bits per heavy atom. The van der Waals surface area contributed by atoms with E-state index in [4.69, 9.17) is 9.15 Å². The third-order valence-electron chi connectivity index (χ3n) is 3.41. The van der Waals surface area contributed by atoms with E-state index >= 15 is 0 Å². The number of furan rings is 1. The van der Waals surface area contributed by atoms with E-state index in [-0.39, 0.29) is 0 Å². The highest BCUT2D eigenvalue weighted by molar-refractivity contribution is 5.72. The van der Waals surface area contributed by atoms with Crippen LogP contribution in [0.1, 0.15) is 21.7 Å². The van der Waals surface area contributed by atoms with E-state index in [0.717, 1.165) is 16.9 Å². The van der Waals surface area contributed by atoms with Gasteiger partial charge >= 0.3 is 0 Å². The fourth-order valence-electron chi connectivity index (χ4n) is 2.14. The van der Waals surface area contributed by atoms with Gasteiger partial charge in [0.2, 0.25) is 0 Å². The molecule has 0 N–H and O–H groups in total. The number of hydrogen-bond acceptors (Lipinski definition) is 3. The van der Waals surface area contributed by atoms with E-state index in [1.54, 1.807) is 12.1 Å². The van der Waals surface area contributed by atoms with E-state index in [1.807, 2.05) is 24.3 Å². The van der Waals surface area contributed by atoms with Crippen LogP contribution >= 0.6 is 0 Å². The Morgan fingerprint density at radius 2 is 1.68 bits per heavy atom. The molecule has 0 aliphatic rings. The molecule has 0 aliphatic heterocycles. The molecule has 0 aliphatic carbocycles. The monoisotopic (exact) mass is 292 g/mol. The fourth-order valence-corrected chi connectivity index (χ4v) is 2.14. The minimum atomic E-state index is 0.328. The van der Waals surface area contributed by atoms with Crippen molar-refractivity contribution in [3.8, 4) is 17.1 Å². The summed E-state index contributed by atoms with van der Waals surface area (Å²) in [6, 6.07) is 19.3. The van der Waals surface area contributed by atoms with Crippen LogP contribution in [0.4, 0.5) is 0 Å². The van der Waals surface area contributed by atoms with Crippen molar-refractivity contribution in [1.82, 2.24) is 0 Å². The average molecular weight is 292 g/mol. The molecule has 0 atom stereocenters. The molecule has 0 spiro atoms. The second-order valence-corrected chi connectivity index (χ2v) is 5.12.